The second-order valence-electron chi connectivity index (χ2n) is 6.19. The minimum Gasteiger partial charge on any atom is -0.436 e. The highest BCUT2D eigenvalue weighted by molar-refractivity contribution is 5.70. The van der Waals surface area contributed by atoms with Gasteiger partial charge in [-0.05, 0) is 11.1 Å². The van der Waals surface area contributed by atoms with E-state index in [1.807, 2.05) is 6.07 Å². The summed E-state index contributed by atoms with van der Waals surface area (Å²) in [6.07, 6.45) is -1.85. The highest BCUT2D eigenvalue weighted by Crippen LogP contribution is 2.31. The van der Waals surface area contributed by atoms with Gasteiger partial charge in [0.2, 0.25) is 5.82 Å². The van der Waals surface area contributed by atoms with Gasteiger partial charge in [-0.15, -0.1) is 0 Å². The SMILES string of the molecule is O=C(OC(c1ccccc1)c1ccc(-c2noc(C(F)(F)F)n2)cc1)n1ccnc1. The Bertz CT molecular complexity index is 1120. The van der Waals surface area contributed by atoms with Crippen molar-refractivity contribution >= 4 is 6.09 Å². The number of hydrogen-bond donors (Lipinski definition) is 0. The molecule has 10 heteroatoms. The van der Waals surface area contributed by atoms with Gasteiger partial charge in [0, 0.05) is 18.0 Å². The minimum absolute atomic E-state index is 0.194. The number of carbonyl (C=O) groups excluding carboxylic acids is 1. The van der Waals surface area contributed by atoms with E-state index < -0.39 is 24.3 Å². The molecule has 0 amide bonds. The third-order valence-corrected chi connectivity index (χ3v) is 4.18. The molecule has 1 atom stereocenters. The zero-order valence-electron chi connectivity index (χ0n) is 15.2. The molecule has 7 nitrogen and oxygen atoms in total. The van der Waals surface area contributed by atoms with Crippen LogP contribution in [0.25, 0.3) is 11.4 Å². The lowest BCUT2D eigenvalue weighted by Gasteiger charge is -2.19. The fourth-order valence-corrected chi connectivity index (χ4v) is 2.75. The van der Waals surface area contributed by atoms with Crippen LogP contribution < -0.4 is 0 Å². The molecular formula is C20H13F3N4O3. The number of ether oxygens (including phenoxy) is 1. The molecule has 152 valence electrons. The lowest BCUT2D eigenvalue weighted by atomic mass is 10.00. The molecule has 0 spiro atoms. The van der Waals surface area contributed by atoms with Crippen LogP contribution in [0.4, 0.5) is 18.0 Å². The molecule has 2 aromatic heterocycles. The van der Waals surface area contributed by atoms with Crippen molar-refractivity contribution in [2.24, 2.45) is 0 Å². The van der Waals surface area contributed by atoms with Crippen molar-refractivity contribution in [2.45, 2.75) is 12.3 Å². The lowest BCUT2D eigenvalue weighted by Crippen LogP contribution is -2.17. The summed E-state index contributed by atoms with van der Waals surface area (Å²) >= 11 is 0. The monoisotopic (exact) mass is 414 g/mol. The third-order valence-electron chi connectivity index (χ3n) is 4.18. The summed E-state index contributed by atoms with van der Waals surface area (Å²) in [5, 5.41) is 3.37. The first-order chi connectivity index (χ1) is 14.4. The molecule has 0 aliphatic heterocycles. The van der Waals surface area contributed by atoms with Gasteiger partial charge in [0.15, 0.2) is 6.10 Å². The highest BCUT2D eigenvalue weighted by atomic mass is 19.4. The topological polar surface area (TPSA) is 83.0 Å². The Hall–Kier alpha value is -3.95. The van der Waals surface area contributed by atoms with Gasteiger partial charge in [-0.3, -0.25) is 0 Å². The largest absolute Gasteiger partial charge is 0.471 e. The Morgan fingerprint density at radius 3 is 2.33 bits per heavy atom. The lowest BCUT2D eigenvalue weighted by molar-refractivity contribution is -0.159. The number of benzene rings is 2. The van der Waals surface area contributed by atoms with Crippen molar-refractivity contribution in [1.82, 2.24) is 19.7 Å². The molecule has 4 aromatic rings. The van der Waals surface area contributed by atoms with Crippen LogP contribution in [0.15, 0.2) is 77.8 Å². The van der Waals surface area contributed by atoms with Gasteiger partial charge in [0.25, 0.3) is 0 Å². The molecule has 0 aliphatic carbocycles. The summed E-state index contributed by atoms with van der Waals surface area (Å²) in [7, 11) is 0. The van der Waals surface area contributed by atoms with E-state index in [1.165, 1.54) is 35.4 Å². The molecule has 0 radical (unpaired) electrons. The Morgan fingerprint density at radius 2 is 1.73 bits per heavy atom. The van der Waals surface area contributed by atoms with Crippen molar-refractivity contribution in [1.29, 1.82) is 0 Å². The van der Waals surface area contributed by atoms with Crippen LogP contribution in [0.2, 0.25) is 0 Å². The molecule has 0 saturated heterocycles. The molecule has 0 aliphatic rings. The van der Waals surface area contributed by atoms with E-state index in [0.29, 0.717) is 11.1 Å². The van der Waals surface area contributed by atoms with Crippen molar-refractivity contribution in [3.63, 3.8) is 0 Å². The van der Waals surface area contributed by atoms with E-state index >= 15 is 0 Å². The number of rotatable bonds is 4. The van der Waals surface area contributed by atoms with E-state index in [1.54, 1.807) is 36.4 Å². The van der Waals surface area contributed by atoms with Crippen LogP contribution in [-0.2, 0) is 10.9 Å². The summed E-state index contributed by atoms with van der Waals surface area (Å²) in [6, 6.07) is 15.3. The van der Waals surface area contributed by atoms with E-state index in [0.717, 1.165) is 5.56 Å². The van der Waals surface area contributed by atoms with Crippen LogP contribution in [0.3, 0.4) is 0 Å². The van der Waals surface area contributed by atoms with Gasteiger partial charge in [-0.1, -0.05) is 59.8 Å². The zero-order valence-corrected chi connectivity index (χ0v) is 15.2. The average Bonchev–Trinajstić information content (AvgIpc) is 3.45. The zero-order chi connectivity index (χ0) is 21.1. The second kappa shape index (κ2) is 7.82. The molecule has 0 bridgehead atoms. The molecule has 30 heavy (non-hydrogen) atoms. The summed E-state index contributed by atoms with van der Waals surface area (Å²) in [5.74, 6) is -1.61. The van der Waals surface area contributed by atoms with E-state index in [2.05, 4.69) is 19.6 Å². The molecule has 0 saturated carbocycles. The van der Waals surface area contributed by atoms with Crippen molar-refractivity contribution in [2.75, 3.05) is 0 Å². The predicted molar refractivity (Wildman–Crippen MR) is 97.1 cm³/mol. The van der Waals surface area contributed by atoms with Gasteiger partial charge in [0.05, 0.1) is 0 Å². The molecule has 2 aromatic carbocycles. The predicted octanol–water partition coefficient (Wildman–Crippen LogP) is 4.73. The fraction of sp³-hybridized carbons (Fsp3) is 0.100. The van der Waals surface area contributed by atoms with E-state index in [-0.39, 0.29) is 5.82 Å². The number of aromatic nitrogens is 4. The standard InChI is InChI=1S/C20H13F3N4O3/c21-20(22,23)18-25-17(26-30-18)15-8-6-14(7-9-15)16(13-4-2-1-3-5-13)29-19(28)27-11-10-24-12-27/h1-12,16H. The first-order valence-corrected chi connectivity index (χ1v) is 8.67. The normalized spacial score (nSPS) is 12.5. The van der Waals surface area contributed by atoms with Gasteiger partial charge in [-0.2, -0.15) is 18.2 Å². The Balaban J connectivity index is 1.62. The first-order valence-electron chi connectivity index (χ1n) is 8.67. The molecule has 1 unspecified atom stereocenters. The van der Waals surface area contributed by atoms with Gasteiger partial charge in [0.1, 0.15) is 6.33 Å². The maximum atomic E-state index is 12.7. The number of nitrogens with zero attached hydrogens (tertiary/aromatic N) is 4. The Kier molecular flexibility index (Phi) is 5.05. The van der Waals surface area contributed by atoms with Crippen LogP contribution >= 0.6 is 0 Å². The molecular weight excluding hydrogens is 401 g/mol. The Morgan fingerprint density at radius 1 is 1.03 bits per heavy atom. The minimum atomic E-state index is -4.72. The first kappa shape index (κ1) is 19.4. The average molecular weight is 414 g/mol. The molecule has 2 heterocycles. The second-order valence-corrected chi connectivity index (χ2v) is 6.19. The summed E-state index contributed by atoms with van der Waals surface area (Å²) in [5.41, 5.74) is 1.65. The van der Waals surface area contributed by atoms with Gasteiger partial charge in [-0.25, -0.2) is 14.3 Å². The number of alkyl halides is 3. The molecule has 0 fully saturated rings. The summed E-state index contributed by atoms with van der Waals surface area (Å²) in [4.78, 5) is 19.6. The highest BCUT2D eigenvalue weighted by Gasteiger charge is 2.38. The number of halogens is 3. The van der Waals surface area contributed by atoms with Crippen molar-refractivity contribution < 1.29 is 27.2 Å². The Labute approximate surface area is 167 Å². The smallest absolute Gasteiger partial charge is 0.436 e. The molecule has 0 N–H and O–H groups in total. The quantitative estimate of drug-likeness (QED) is 0.480. The molecule has 4 rings (SSSR count). The van der Waals surface area contributed by atoms with Crippen LogP contribution in [0.1, 0.15) is 23.1 Å². The maximum absolute atomic E-state index is 12.7. The number of hydrogen-bond acceptors (Lipinski definition) is 6. The van der Waals surface area contributed by atoms with E-state index in [4.69, 9.17) is 4.74 Å². The van der Waals surface area contributed by atoms with Crippen LogP contribution in [-0.4, -0.2) is 25.8 Å². The summed E-state index contributed by atoms with van der Waals surface area (Å²) in [6.45, 7) is 0. The number of carbonyl (C=O) groups is 1. The van der Waals surface area contributed by atoms with Crippen molar-refractivity contribution in [3.8, 4) is 11.4 Å². The number of imidazole rings is 1. The summed E-state index contributed by atoms with van der Waals surface area (Å²) < 4.78 is 49.1. The third kappa shape index (κ3) is 4.07. The van der Waals surface area contributed by atoms with Gasteiger partial charge >= 0.3 is 18.2 Å². The van der Waals surface area contributed by atoms with Crippen LogP contribution in [0.5, 0.6) is 0 Å². The van der Waals surface area contributed by atoms with Crippen molar-refractivity contribution in [3.05, 3.63) is 90.3 Å². The van der Waals surface area contributed by atoms with E-state index in [9.17, 15) is 18.0 Å². The van der Waals surface area contributed by atoms with Crippen LogP contribution in [0, 0.1) is 0 Å². The van der Waals surface area contributed by atoms with Gasteiger partial charge < -0.3 is 9.26 Å². The maximum Gasteiger partial charge on any atom is 0.471 e. The fourth-order valence-electron chi connectivity index (χ4n) is 2.75.